The number of halogens is 3. The number of alkyl halides is 3. The third-order valence-corrected chi connectivity index (χ3v) is 5.53. The molecule has 3 aromatic carbocycles. The third-order valence-electron chi connectivity index (χ3n) is 4.11. The number of nitrogens with one attached hydrogen (secondary N) is 1. The second-order valence-electron chi connectivity index (χ2n) is 6.17. The van der Waals surface area contributed by atoms with Crippen molar-refractivity contribution < 1.29 is 21.6 Å². The first kappa shape index (κ1) is 19.0. The molecule has 0 unspecified atom stereocenters. The van der Waals surface area contributed by atoms with E-state index in [1.807, 2.05) is 25.1 Å². The predicted octanol–water partition coefficient (Wildman–Crippen LogP) is 4.73. The van der Waals surface area contributed by atoms with E-state index < -0.39 is 27.5 Å². The highest BCUT2D eigenvalue weighted by Crippen LogP contribution is 2.36. The van der Waals surface area contributed by atoms with Gasteiger partial charge in [-0.3, -0.25) is 4.72 Å². The van der Waals surface area contributed by atoms with Gasteiger partial charge in [-0.25, -0.2) is 8.42 Å². The Bertz CT molecular complexity index is 1090. The minimum absolute atomic E-state index is 0.0827. The number of anilines is 2. The molecule has 0 saturated heterocycles. The number of benzene rings is 3. The van der Waals surface area contributed by atoms with Crippen LogP contribution in [0.25, 0.3) is 10.8 Å². The molecule has 0 fully saturated rings. The van der Waals surface area contributed by atoms with Crippen LogP contribution >= 0.6 is 0 Å². The molecule has 0 saturated carbocycles. The molecule has 8 heteroatoms. The fourth-order valence-electron chi connectivity index (χ4n) is 2.91. The van der Waals surface area contributed by atoms with E-state index in [4.69, 9.17) is 0 Å². The maximum absolute atomic E-state index is 13.2. The van der Waals surface area contributed by atoms with Crippen LogP contribution < -0.4 is 9.62 Å². The summed E-state index contributed by atoms with van der Waals surface area (Å²) in [4.78, 5) is 1.76. The maximum Gasteiger partial charge on any atom is 0.418 e. The standard InChI is InChI=1S/C19H17F3N2O2S/c1-24(2)17-11-5-8-14-13(17)7-6-12-18(14)27(25,26)23-16-10-4-3-9-15(16)19(20,21)22/h3-12,23H,1-2H3. The lowest BCUT2D eigenvalue weighted by molar-refractivity contribution is -0.136. The van der Waals surface area contributed by atoms with E-state index in [9.17, 15) is 21.6 Å². The van der Waals surface area contributed by atoms with Crippen molar-refractivity contribution in [1.29, 1.82) is 0 Å². The van der Waals surface area contributed by atoms with Gasteiger partial charge in [-0.2, -0.15) is 13.2 Å². The highest BCUT2D eigenvalue weighted by atomic mass is 32.2. The summed E-state index contributed by atoms with van der Waals surface area (Å²) < 4.78 is 67.4. The SMILES string of the molecule is CN(C)c1cccc2c(S(=O)(=O)Nc3ccccc3C(F)(F)F)cccc12. The highest BCUT2D eigenvalue weighted by molar-refractivity contribution is 7.93. The molecular formula is C19H17F3N2O2S. The van der Waals surface area contributed by atoms with Crippen LogP contribution in [0.2, 0.25) is 0 Å². The van der Waals surface area contributed by atoms with Gasteiger partial charge in [0.05, 0.1) is 16.1 Å². The molecule has 0 heterocycles. The minimum Gasteiger partial charge on any atom is -0.377 e. The summed E-state index contributed by atoms with van der Waals surface area (Å²) in [5.74, 6) is 0. The van der Waals surface area contributed by atoms with E-state index in [1.165, 1.54) is 18.2 Å². The van der Waals surface area contributed by atoms with Gasteiger partial charge in [0.15, 0.2) is 0 Å². The van der Waals surface area contributed by atoms with E-state index in [0.717, 1.165) is 17.8 Å². The van der Waals surface area contributed by atoms with E-state index in [1.54, 1.807) is 24.3 Å². The first-order valence-corrected chi connectivity index (χ1v) is 9.48. The summed E-state index contributed by atoms with van der Waals surface area (Å²) in [6.07, 6.45) is -4.67. The smallest absolute Gasteiger partial charge is 0.377 e. The number of para-hydroxylation sites is 1. The van der Waals surface area contributed by atoms with Crippen molar-refractivity contribution in [3.05, 3.63) is 66.2 Å². The van der Waals surface area contributed by atoms with Gasteiger partial charge in [0, 0.05) is 30.6 Å². The third kappa shape index (κ3) is 3.71. The lowest BCUT2D eigenvalue weighted by atomic mass is 10.1. The van der Waals surface area contributed by atoms with E-state index in [2.05, 4.69) is 4.72 Å². The zero-order valence-corrected chi connectivity index (χ0v) is 15.4. The molecule has 0 atom stereocenters. The quantitative estimate of drug-likeness (QED) is 0.696. The Morgan fingerprint density at radius 1 is 0.852 bits per heavy atom. The van der Waals surface area contributed by atoms with Crippen LogP contribution in [0, 0.1) is 0 Å². The van der Waals surface area contributed by atoms with Gasteiger partial charge >= 0.3 is 6.18 Å². The largest absolute Gasteiger partial charge is 0.418 e. The zero-order chi connectivity index (χ0) is 19.8. The normalized spacial score (nSPS) is 12.2. The van der Waals surface area contributed by atoms with Crippen LogP contribution in [-0.2, 0) is 16.2 Å². The summed E-state index contributed by atoms with van der Waals surface area (Å²) in [6, 6.07) is 14.4. The van der Waals surface area contributed by atoms with E-state index >= 15 is 0 Å². The van der Waals surface area contributed by atoms with Crippen molar-refractivity contribution >= 4 is 32.2 Å². The minimum atomic E-state index is -4.67. The average molecular weight is 394 g/mol. The predicted molar refractivity (Wildman–Crippen MR) is 101 cm³/mol. The molecule has 3 rings (SSSR count). The number of hydrogen-bond donors (Lipinski definition) is 1. The molecule has 0 radical (unpaired) electrons. The molecule has 0 aliphatic carbocycles. The monoisotopic (exact) mass is 394 g/mol. The molecule has 0 amide bonds. The van der Waals surface area contributed by atoms with Crippen molar-refractivity contribution in [2.75, 3.05) is 23.7 Å². The molecule has 0 spiro atoms. The molecule has 27 heavy (non-hydrogen) atoms. The van der Waals surface area contributed by atoms with Gasteiger partial charge in [-0.05, 0) is 24.3 Å². The van der Waals surface area contributed by atoms with Crippen molar-refractivity contribution in [2.24, 2.45) is 0 Å². The van der Waals surface area contributed by atoms with E-state index in [-0.39, 0.29) is 4.90 Å². The maximum atomic E-state index is 13.2. The van der Waals surface area contributed by atoms with E-state index in [0.29, 0.717) is 10.8 Å². The molecule has 0 aliphatic heterocycles. The molecule has 3 aromatic rings. The molecule has 0 aliphatic rings. The Balaban J connectivity index is 2.14. The van der Waals surface area contributed by atoms with Crippen LogP contribution in [0.4, 0.5) is 24.5 Å². The molecule has 0 aromatic heterocycles. The lowest BCUT2D eigenvalue weighted by Gasteiger charge is -2.18. The summed E-state index contributed by atoms with van der Waals surface area (Å²) in [5.41, 5.74) is -0.742. The van der Waals surface area contributed by atoms with Crippen LogP contribution in [-0.4, -0.2) is 22.5 Å². The van der Waals surface area contributed by atoms with Crippen LogP contribution in [0.3, 0.4) is 0 Å². The molecule has 1 N–H and O–H groups in total. The molecular weight excluding hydrogens is 377 g/mol. The van der Waals surface area contributed by atoms with Crippen LogP contribution in [0.15, 0.2) is 65.6 Å². The topological polar surface area (TPSA) is 49.4 Å². The average Bonchev–Trinajstić information content (AvgIpc) is 2.59. The Kier molecular flexibility index (Phi) is 4.77. The van der Waals surface area contributed by atoms with Crippen molar-refractivity contribution in [3.63, 3.8) is 0 Å². The van der Waals surface area contributed by atoms with Gasteiger partial charge in [0.2, 0.25) is 0 Å². The van der Waals surface area contributed by atoms with Crippen LogP contribution in [0.1, 0.15) is 5.56 Å². The Hall–Kier alpha value is -2.74. The van der Waals surface area contributed by atoms with Crippen molar-refractivity contribution in [2.45, 2.75) is 11.1 Å². The number of hydrogen-bond acceptors (Lipinski definition) is 3. The van der Waals surface area contributed by atoms with Crippen molar-refractivity contribution in [1.82, 2.24) is 0 Å². The highest BCUT2D eigenvalue weighted by Gasteiger charge is 2.34. The number of nitrogens with zero attached hydrogens (tertiary/aromatic N) is 1. The number of sulfonamides is 1. The molecule has 4 nitrogen and oxygen atoms in total. The summed E-state index contributed by atoms with van der Waals surface area (Å²) in [6.45, 7) is 0. The first-order chi connectivity index (χ1) is 12.6. The fraction of sp³-hybridized carbons (Fsp3) is 0.158. The summed E-state index contributed by atoms with van der Waals surface area (Å²) in [5, 5.41) is 1.12. The number of fused-ring (bicyclic) bond motifs is 1. The molecule has 142 valence electrons. The lowest BCUT2D eigenvalue weighted by Crippen LogP contribution is -2.17. The summed E-state index contributed by atoms with van der Waals surface area (Å²) >= 11 is 0. The Morgan fingerprint density at radius 3 is 2.15 bits per heavy atom. The van der Waals surface area contributed by atoms with Gasteiger partial charge in [-0.15, -0.1) is 0 Å². The van der Waals surface area contributed by atoms with Gasteiger partial charge in [0.25, 0.3) is 10.0 Å². The first-order valence-electron chi connectivity index (χ1n) is 7.99. The number of rotatable bonds is 4. The van der Waals surface area contributed by atoms with Crippen LogP contribution in [0.5, 0.6) is 0 Å². The Morgan fingerprint density at radius 2 is 1.48 bits per heavy atom. The zero-order valence-electron chi connectivity index (χ0n) is 14.6. The second kappa shape index (κ2) is 6.77. The van der Waals surface area contributed by atoms with Gasteiger partial charge in [-0.1, -0.05) is 36.4 Å². The summed E-state index contributed by atoms with van der Waals surface area (Å²) in [7, 11) is -0.579. The van der Waals surface area contributed by atoms with Gasteiger partial charge in [0.1, 0.15) is 0 Å². The second-order valence-corrected chi connectivity index (χ2v) is 7.82. The van der Waals surface area contributed by atoms with Crippen molar-refractivity contribution in [3.8, 4) is 0 Å². The van der Waals surface area contributed by atoms with Gasteiger partial charge < -0.3 is 4.90 Å². The molecule has 0 bridgehead atoms. The Labute approximate surface area is 155 Å². The fourth-order valence-corrected chi connectivity index (χ4v) is 4.21.